The van der Waals surface area contributed by atoms with Gasteiger partial charge in [-0.3, -0.25) is 4.79 Å². The Labute approximate surface area is 188 Å². The summed E-state index contributed by atoms with van der Waals surface area (Å²) >= 11 is 0. The summed E-state index contributed by atoms with van der Waals surface area (Å²) in [6.07, 6.45) is -4.48. The lowest BCUT2D eigenvalue weighted by atomic mass is 10.1. The molecule has 0 spiro atoms. The maximum absolute atomic E-state index is 13.2. The molecule has 0 radical (unpaired) electrons. The SMILES string of the molecule is CCOc1ccc(Oc2ccc(C(F)(F)F)cc2NC(=O)CCc2nc(C(C)C)no2)cc1. The highest BCUT2D eigenvalue weighted by molar-refractivity contribution is 5.92. The van der Waals surface area contributed by atoms with Crippen LogP contribution in [0.4, 0.5) is 18.9 Å². The fourth-order valence-electron chi connectivity index (χ4n) is 2.83. The molecule has 0 fully saturated rings. The van der Waals surface area contributed by atoms with Crippen LogP contribution in [-0.2, 0) is 17.4 Å². The van der Waals surface area contributed by atoms with Crippen LogP contribution >= 0.6 is 0 Å². The number of benzene rings is 2. The van der Waals surface area contributed by atoms with Crippen molar-refractivity contribution in [2.24, 2.45) is 0 Å². The predicted molar refractivity (Wildman–Crippen MR) is 114 cm³/mol. The van der Waals surface area contributed by atoms with E-state index < -0.39 is 17.6 Å². The number of nitrogens with one attached hydrogen (secondary N) is 1. The first kappa shape index (κ1) is 24.1. The van der Waals surface area contributed by atoms with Gasteiger partial charge in [-0.15, -0.1) is 0 Å². The van der Waals surface area contributed by atoms with Crippen molar-refractivity contribution in [3.8, 4) is 17.2 Å². The zero-order valence-corrected chi connectivity index (χ0v) is 18.4. The summed E-state index contributed by atoms with van der Waals surface area (Å²) in [6, 6.07) is 9.50. The highest BCUT2D eigenvalue weighted by Gasteiger charge is 2.31. The maximum Gasteiger partial charge on any atom is 0.416 e. The van der Waals surface area contributed by atoms with E-state index in [2.05, 4.69) is 15.5 Å². The second-order valence-corrected chi connectivity index (χ2v) is 7.46. The van der Waals surface area contributed by atoms with Crippen molar-refractivity contribution in [3.05, 3.63) is 59.7 Å². The summed E-state index contributed by atoms with van der Waals surface area (Å²) in [6.45, 7) is 6.16. The number of halogens is 3. The zero-order chi connectivity index (χ0) is 24.0. The van der Waals surface area contributed by atoms with E-state index in [9.17, 15) is 18.0 Å². The fraction of sp³-hybridized carbons (Fsp3) is 0.348. The number of rotatable bonds is 9. The number of anilines is 1. The van der Waals surface area contributed by atoms with Crippen LogP contribution in [0.2, 0.25) is 0 Å². The van der Waals surface area contributed by atoms with Gasteiger partial charge in [0.2, 0.25) is 11.8 Å². The van der Waals surface area contributed by atoms with Crippen LogP contribution in [0.15, 0.2) is 47.0 Å². The van der Waals surface area contributed by atoms with Gasteiger partial charge in [0.1, 0.15) is 11.5 Å². The molecule has 1 heterocycles. The van der Waals surface area contributed by atoms with Crippen LogP contribution in [0.25, 0.3) is 0 Å². The number of carbonyl (C=O) groups excluding carboxylic acids is 1. The molecule has 0 saturated carbocycles. The Kier molecular flexibility index (Phi) is 7.57. The molecule has 3 rings (SSSR count). The summed E-state index contributed by atoms with van der Waals surface area (Å²) in [4.78, 5) is 16.6. The third kappa shape index (κ3) is 6.71. The number of nitrogens with zero attached hydrogens (tertiary/aromatic N) is 2. The summed E-state index contributed by atoms with van der Waals surface area (Å²) in [7, 11) is 0. The van der Waals surface area contributed by atoms with Crippen molar-refractivity contribution in [1.82, 2.24) is 10.1 Å². The minimum atomic E-state index is -4.58. The van der Waals surface area contributed by atoms with E-state index in [4.69, 9.17) is 14.0 Å². The lowest BCUT2D eigenvalue weighted by Gasteiger charge is -2.15. The van der Waals surface area contributed by atoms with Crippen LogP contribution in [-0.4, -0.2) is 22.7 Å². The van der Waals surface area contributed by atoms with Crippen molar-refractivity contribution in [2.75, 3.05) is 11.9 Å². The van der Waals surface area contributed by atoms with Crippen molar-refractivity contribution >= 4 is 11.6 Å². The number of alkyl halides is 3. The van der Waals surface area contributed by atoms with Gasteiger partial charge < -0.3 is 19.3 Å². The van der Waals surface area contributed by atoms with Gasteiger partial charge in [-0.25, -0.2) is 0 Å². The summed E-state index contributed by atoms with van der Waals surface area (Å²) < 4.78 is 55.9. The van der Waals surface area contributed by atoms with Crippen LogP contribution in [0, 0.1) is 0 Å². The van der Waals surface area contributed by atoms with Crippen molar-refractivity contribution in [1.29, 1.82) is 0 Å². The standard InChI is InChI=1S/C23H24F3N3O4/c1-4-31-16-6-8-17(9-7-16)32-19-10-5-15(23(24,25)26)13-18(19)27-20(30)11-12-21-28-22(14(2)3)29-33-21/h5-10,13-14H,4,11-12H2,1-3H3,(H,27,30). The molecule has 7 nitrogen and oxygen atoms in total. The van der Waals surface area contributed by atoms with E-state index in [0.717, 1.165) is 12.1 Å². The second-order valence-electron chi connectivity index (χ2n) is 7.46. The lowest BCUT2D eigenvalue weighted by Crippen LogP contribution is -2.14. The smallest absolute Gasteiger partial charge is 0.416 e. The molecule has 0 unspecified atom stereocenters. The summed E-state index contributed by atoms with van der Waals surface area (Å²) in [5.41, 5.74) is -1.01. The monoisotopic (exact) mass is 463 g/mol. The highest BCUT2D eigenvalue weighted by Crippen LogP contribution is 2.37. The quantitative estimate of drug-likeness (QED) is 0.421. The minimum Gasteiger partial charge on any atom is -0.494 e. The third-order valence-corrected chi connectivity index (χ3v) is 4.51. The Balaban J connectivity index is 1.75. The molecule has 0 aliphatic rings. The molecule has 176 valence electrons. The molecule has 1 aromatic heterocycles. The molecule has 0 saturated heterocycles. The van der Waals surface area contributed by atoms with Crippen LogP contribution in [0.1, 0.15) is 50.4 Å². The average molecular weight is 463 g/mol. The van der Waals surface area contributed by atoms with E-state index >= 15 is 0 Å². The number of hydrogen-bond acceptors (Lipinski definition) is 6. The molecule has 2 aromatic carbocycles. The van der Waals surface area contributed by atoms with E-state index in [-0.39, 0.29) is 36.1 Å². The molecule has 1 amide bonds. The summed E-state index contributed by atoms with van der Waals surface area (Å²) in [5.74, 6) is 1.44. The van der Waals surface area contributed by atoms with Gasteiger partial charge in [0, 0.05) is 18.8 Å². The maximum atomic E-state index is 13.2. The van der Waals surface area contributed by atoms with E-state index in [0.29, 0.717) is 23.9 Å². The van der Waals surface area contributed by atoms with Gasteiger partial charge in [-0.05, 0) is 49.4 Å². The van der Waals surface area contributed by atoms with Crippen molar-refractivity contribution < 1.29 is 32.0 Å². The normalized spacial score (nSPS) is 11.5. The van der Waals surface area contributed by atoms with Crippen LogP contribution in [0.5, 0.6) is 17.2 Å². The minimum absolute atomic E-state index is 0.0571. The van der Waals surface area contributed by atoms with Gasteiger partial charge in [0.25, 0.3) is 0 Å². The van der Waals surface area contributed by atoms with Crippen LogP contribution < -0.4 is 14.8 Å². The Bertz CT molecular complexity index is 1080. The number of amides is 1. The predicted octanol–water partition coefficient (Wildman–Crippen LogP) is 5.97. The van der Waals surface area contributed by atoms with Gasteiger partial charge in [0.05, 0.1) is 17.9 Å². The average Bonchev–Trinajstić information content (AvgIpc) is 3.24. The second kappa shape index (κ2) is 10.4. The molecular formula is C23H24F3N3O4. The number of carbonyl (C=O) groups is 1. The number of aromatic nitrogens is 2. The molecular weight excluding hydrogens is 439 g/mol. The molecule has 3 aromatic rings. The van der Waals surface area contributed by atoms with Crippen molar-refractivity contribution in [3.63, 3.8) is 0 Å². The number of hydrogen-bond donors (Lipinski definition) is 1. The highest BCUT2D eigenvalue weighted by atomic mass is 19.4. The van der Waals surface area contributed by atoms with E-state index in [1.807, 2.05) is 20.8 Å². The van der Waals surface area contributed by atoms with Gasteiger partial charge in [-0.1, -0.05) is 19.0 Å². The van der Waals surface area contributed by atoms with Gasteiger partial charge in [0.15, 0.2) is 11.6 Å². The molecule has 0 aliphatic carbocycles. The summed E-state index contributed by atoms with van der Waals surface area (Å²) in [5, 5.41) is 6.32. The third-order valence-electron chi connectivity index (χ3n) is 4.51. The molecule has 0 atom stereocenters. The first-order valence-corrected chi connectivity index (χ1v) is 10.4. The van der Waals surface area contributed by atoms with Gasteiger partial charge in [-0.2, -0.15) is 18.2 Å². The Morgan fingerprint density at radius 2 is 1.82 bits per heavy atom. The Hall–Kier alpha value is -3.56. The zero-order valence-electron chi connectivity index (χ0n) is 18.4. The number of aryl methyl sites for hydroxylation is 1. The molecule has 0 bridgehead atoms. The van der Waals surface area contributed by atoms with Crippen molar-refractivity contribution in [2.45, 2.75) is 45.7 Å². The molecule has 33 heavy (non-hydrogen) atoms. The topological polar surface area (TPSA) is 86.5 Å². The van der Waals surface area contributed by atoms with E-state index in [1.54, 1.807) is 24.3 Å². The Morgan fingerprint density at radius 3 is 2.42 bits per heavy atom. The first-order chi connectivity index (χ1) is 15.7. The molecule has 0 aliphatic heterocycles. The fourth-order valence-corrected chi connectivity index (χ4v) is 2.83. The number of ether oxygens (including phenoxy) is 2. The molecule has 10 heteroatoms. The first-order valence-electron chi connectivity index (χ1n) is 10.4. The van der Waals surface area contributed by atoms with Crippen LogP contribution in [0.3, 0.4) is 0 Å². The molecule has 1 N–H and O–H groups in total. The lowest BCUT2D eigenvalue weighted by molar-refractivity contribution is -0.137. The van der Waals surface area contributed by atoms with E-state index in [1.165, 1.54) is 6.07 Å². The Morgan fingerprint density at radius 1 is 1.12 bits per heavy atom. The van der Waals surface area contributed by atoms with Gasteiger partial charge >= 0.3 is 6.18 Å². The largest absolute Gasteiger partial charge is 0.494 e.